The number of carbonyl (C=O) groups is 3. The summed E-state index contributed by atoms with van der Waals surface area (Å²) in [6, 6.07) is 12.2. The van der Waals surface area contributed by atoms with E-state index in [4.69, 9.17) is 11.1 Å². The number of benzene rings is 1. The normalized spacial score (nSPS) is 13.5. The number of carbonyl (C=O) groups excluding carboxylic acids is 3. The molecular formula is C32H30F3N9O3. The lowest BCUT2D eigenvalue weighted by atomic mass is 9.95. The van der Waals surface area contributed by atoms with E-state index in [0.717, 1.165) is 18.5 Å². The number of amidine groups is 1. The molecule has 0 spiro atoms. The smallest absolute Gasteiger partial charge is 0.380 e. The van der Waals surface area contributed by atoms with Gasteiger partial charge in [0.05, 0.1) is 16.8 Å². The first kappa shape index (κ1) is 32.5. The number of rotatable bonds is 9. The van der Waals surface area contributed by atoms with E-state index in [-0.39, 0.29) is 52.7 Å². The van der Waals surface area contributed by atoms with E-state index in [1.807, 2.05) is 0 Å². The minimum absolute atomic E-state index is 0.00837. The van der Waals surface area contributed by atoms with Gasteiger partial charge in [0.2, 0.25) is 5.91 Å². The second kappa shape index (κ2) is 14.1. The van der Waals surface area contributed by atoms with Gasteiger partial charge in [-0.3, -0.25) is 29.8 Å². The van der Waals surface area contributed by atoms with Gasteiger partial charge >= 0.3 is 6.18 Å². The Morgan fingerprint density at radius 1 is 0.957 bits per heavy atom. The summed E-state index contributed by atoms with van der Waals surface area (Å²) >= 11 is 0. The van der Waals surface area contributed by atoms with Crippen molar-refractivity contribution < 1.29 is 27.6 Å². The molecule has 6 N–H and O–H groups in total. The number of hydrogen-bond donors (Lipinski definition) is 5. The Balaban J connectivity index is 1.22. The molecule has 1 fully saturated rings. The Kier molecular flexibility index (Phi) is 9.73. The van der Waals surface area contributed by atoms with Crippen molar-refractivity contribution in [3.05, 3.63) is 107 Å². The standard InChI is InChI=1S/C32H30F3N9O3/c33-32(34,35)25-6-11-39-16-22(25)17-40-26-15-27(41-18-24(26)29(37)45)42-23-3-1-2-21(14-23)31(47)44-12-7-20(8-13-44)30(46)43-28(36)19-4-9-38-10-5-19/h1-6,9-11,14-16,18,20H,7-8,12-13,17H2,(H2,37,45)(H2,36,43,46)(H2,40,41,42). The maximum absolute atomic E-state index is 13.4. The molecule has 1 aromatic carbocycles. The van der Waals surface area contributed by atoms with Gasteiger partial charge in [0.15, 0.2) is 0 Å². The fourth-order valence-electron chi connectivity index (χ4n) is 5.12. The molecule has 0 saturated carbocycles. The van der Waals surface area contributed by atoms with Crippen LogP contribution in [-0.4, -0.2) is 56.5 Å². The van der Waals surface area contributed by atoms with E-state index in [1.54, 1.807) is 53.7 Å². The average Bonchev–Trinajstić information content (AvgIpc) is 3.07. The predicted molar refractivity (Wildman–Crippen MR) is 167 cm³/mol. The molecule has 15 heteroatoms. The number of nitrogens with two attached hydrogens (primary N) is 1. The molecule has 3 amide bonds. The second-order valence-electron chi connectivity index (χ2n) is 10.7. The van der Waals surface area contributed by atoms with Crippen molar-refractivity contribution in [3.63, 3.8) is 0 Å². The Labute approximate surface area is 267 Å². The molecule has 4 aromatic rings. The predicted octanol–water partition coefficient (Wildman–Crippen LogP) is 4.34. The summed E-state index contributed by atoms with van der Waals surface area (Å²) in [7, 11) is 0. The molecule has 0 radical (unpaired) electrons. The number of alkyl halides is 3. The molecule has 0 bridgehead atoms. The number of nitrogens with one attached hydrogen (secondary N) is 4. The van der Waals surface area contributed by atoms with E-state index in [0.29, 0.717) is 42.7 Å². The quantitative estimate of drug-likeness (QED) is 0.132. The Morgan fingerprint density at radius 3 is 2.38 bits per heavy atom. The van der Waals surface area contributed by atoms with Crippen LogP contribution in [0.15, 0.2) is 79.5 Å². The lowest BCUT2D eigenvalue weighted by Crippen LogP contribution is -2.44. The van der Waals surface area contributed by atoms with Crippen LogP contribution in [0, 0.1) is 11.3 Å². The topological polar surface area (TPSA) is 179 Å². The number of halogens is 3. The summed E-state index contributed by atoms with van der Waals surface area (Å²) in [4.78, 5) is 51.6. The minimum Gasteiger partial charge on any atom is -0.380 e. The third-order valence-electron chi connectivity index (χ3n) is 7.60. The second-order valence-corrected chi connectivity index (χ2v) is 10.7. The van der Waals surface area contributed by atoms with Crippen LogP contribution in [0.25, 0.3) is 0 Å². The lowest BCUT2D eigenvalue weighted by molar-refractivity contribution is -0.138. The zero-order valence-electron chi connectivity index (χ0n) is 24.8. The summed E-state index contributed by atoms with van der Waals surface area (Å²) in [5.74, 6) is -1.43. The average molecular weight is 646 g/mol. The molecule has 0 unspecified atom stereocenters. The summed E-state index contributed by atoms with van der Waals surface area (Å²) in [6.45, 7) is 0.423. The third kappa shape index (κ3) is 8.06. The maximum atomic E-state index is 13.4. The van der Waals surface area contributed by atoms with Crippen LogP contribution in [0.3, 0.4) is 0 Å². The number of pyridine rings is 3. The molecule has 5 rings (SSSR count). The molecule has 0 aliphatic carbocycles. The van der Waals surface area contributed by atoms with Crippen LogP contribution >= 0.6 is 0 Å². The summed E-state index contributed by atoms with van der Waals surface area (Å²) in [6.07, 6.45) is 2.72. The number of primary amides is 1. The van der Waals surface area contributed by atoms with Gasteiger partial charge in [0.1, 0.15) is 11.7 Å². The Bertz CT molecular complexity index is 1790. The van der Waals surface area contributed by atoms with Crippen LogP contribution in [0.5, 0.6) is 0 Å². The molecule has 1 aliphatic heterocycles. The van der Waals surface area contributed by atoms with Gasteiger partial charge < -0.3 is 26.6 Å². The van der Waals surface area contributed by atoms with Gasteiger partial charge in [-0.2, -0.15) is 13.2 Å². The molecule has 1 aliphatic rings. The molecular weight excluding hydrogens is 615 g/mol. The highest BCUT2D eigenvalue weighted by Gasteiger charge is 2.33. The first-order valence-electron chi connectivity index (χ1n) is 14.5. The van der Waals surface area contributed by atoms with E-state index >= 15 is 0 Å². The zero-order valence-corrected chi connectivity index (χ0v) is 24.8. The van der Waals surface area contributed by atoms with Gasteiger partial charge in [-0.05, 0) is 49.2 Å². The molecule has 3 aromatic heterocycles. The van der Waals surface area contributed by atoms with E-state index < -0.39 is 17.6 Å². The maximum Gasteiger partial charge on any atom is 0.416 e. The molecule has 12 nitrogen and oxygen atoms in total. The number of piperidine rings is 1. The van der Waals surface area contributed by atoms with Crippen molar-refractivity contribution >= 4 is 40.7 Å². The lowest BCUT2D eigenvalue weighted by Gasteiger charge is -2.31. The Hall–Kier alpha value is -5.86. The largest absolute Gasteiger partial charge is 0.416 e. The molecule has 4 heterocycles. The fraction of sp³-hybridized carbons (Fsp3) is 0.219. The number of hydrogen-bond acceptors (Lipinski definition) is 9. The van der Waals surface area contributed by atoms with Crippen LogP contribution < -0.4 is 21.7 Å². The van der Waals surface area contributed by atoms with Crippen molar-refractivity contribution in [3.8, 4) is 0 Å². The molecule has 0 atom stereocenters. The highest BCUT2D eigenvalue weighted by molar-refractivity contribution is 6.06. The molecule has 1 saturated heterocycles. The highest BCUT2D eigenvalue weighted by Crippen LogP contribution is 2.32. The van der Waals surface area contributed by atoms with Crippen LogP contribution in [-0.2, 0) is 17.5 Å². The van der Waals surface area contributed by atoms with Crippen molar-refractivity contribution in [1.29, 1.82) is 5.41 Å². The Morgan fingerprint density at radius 2 is 1.68 bits per heavy atom. The van der Waals surface area contributed by atoms with Gasteiger partial charge in [-0.15, -0.1) is 0 Å². The van der Waals surface area contributed by atoms with Crippen molar-refractivity contribution in [2.45, 2.75) is 25.6 Å². The van der Waals surface area contributed by atoms with Gasteiger partial charge in [0, 0.05) is 85.0 Å². The van der Waals surface area contributed by atoms with Crippen LogP contribution in [0.2, 0.25) is 0 Å². The number of nitrogens with zero attached hydrogens (tertiary/aromatic N) is 4. The highest BCUT2D eigenvalue weighted by atomic mass is 19.4. The van der Waals surface area contributed by atoms with Crippen LogP contribution in [0.1, 0.15) is 50.2 Å². The summed E-state index contributed by atoms with van der Waals surface area (Å²) < 4.78 is 40.3. The van der Waals surface area contributed by atoms with Crippen molar-refractivity contribution in [2.24, 2.45) is 11.7 Å². The fourth-order valence-corrected chi connectivity index (χ4v) is 5.12. The van der Waals surface area contributed by atoms with E-state index in [1.165, 1.54) is 12.3 Å². The van der Waals surface area contributed by atoms with E-state index in [2.05, 4.69) is 30.9 Å². The number of anilines is 3. The third-order valence-corrected chi connectivity index (χ3v) is 7.60. The van der Waals surface area contributed by atoms with Gasteiger partial charge in [-0.25, -0.2) is 4.98 Å². The first-order chi connectivity index (χ1) is 22.5. The minimum atomic E-state index is -4.59. The first-order valence-corrected chi connectivity index (χ1v) is 14.5. The van der Waals surface area contributed by atoms with Gasteiger partial charge in [0.25, 0.3) is 11.8 Å². The van der Waals surface area contributed by atoms with Gasteiger partial charge in [-0.1, -0.05) is 6.07 Å². The summed E-state index contributed by atoms with van der Waals surface area (Å²) in [5, 5.41) is 16.6. The van der Waals surface area contributed by atoms with Crippen LogP contribution in [0.4, 0.5) is 30.4 Å². The molecule has 47 heavy (non-hydrogen) atoms. The van der Waals surface area contributed by atoms with Crippen molar-refractivity contribution in [2.75, 3.05) is 23.7 Å². The van der Waals surface area contributed by atoms with Crippen molar-refractivity contribution in [1.82, 2.24) is 25.2 Å². The number of likely N-dealkylation sites (tertiary alicyclic amines) is 1. The SMILES string of the molecule is N=C(NC(=O)C1CCN(C(=O)c2cccc(Nc3cc(NCc4cnccc4C(F)(F)F)c(C(N)=O)cn3)c2)CC1)c1ccncc1. The monoisotopic (exact) mass is 645 g/mol. The van der Waals surface area contributed by atoms with E-state index in [9.17, 15) is 27.6 Å². The molecule has 242 valence electrons. The zero-order chi connectivity index (χ0) is 33.6. The number of aromatic nitrogens is 3. The number of amides is 3. The summed E-state index contributed by atoms with van der Waals surface area (Å²) in [5.41, 5.74) is 6.05.